The molecule has 0 bridgehead atoms. The second-order valence-corrected chi connectivity index (χ2v) is 5.03. The van der Waals surface area contributed by atoms with Crippen molar-refractivity contribution in [2.45, 2.75) is 19.8 Å². The lowest BCUT2D eigenvalue weighted by Crippen LogP contribution is -2.09. The van der Waals surface area contributed by atoms with Gasteiger partial charge in [0.1, 0.15) is 5.82 Å². The molecule has 0 spiro atoms. The molecule has 3 rings (SSSR count). The molecule has 0 nitrogen and oxygen atoms in total. The van der Waals surface area contributed by atoms with Gasteiger partial charge in [0.25, 0.3) is 0 Å². The maximum Gasteiger partial charge on any atom is 0.167 e. The quantitative estimate of drug-likeness (QED) is 0.577. The van der Waals surface area contributed by atoms with E-state index in [-0.39, 0.29) is 16.7 Å². The fourth-order valence-corrected chi connectivity index (χ4v) is 2.69. The third kappa shape index (κ3) is 1.62. The van der Waals surface area contributed by atoms with Crippen LogP contribution in [-0.4, -0.2) is 0 Å². The van der Waals surface area contributed by atoms with Crippen molar-refractivity contribution in [1.29, 1.82) is 0 Å². The summed E-state index contributed by atoms with van der Waals surface area (Å²) in [7, 11) is 0. The van der Waals surface area contributed by atoms with Gasteiger partial charge < -0.3 is 0 Å². The van der Waals surface area contributed by atoms with Crippen LogP contribution >= 0.6 is 0 Å². The SMILES string of the molecule is C=CCCc1ccc2c(c1F)-c1c-2cc(C)c(F)c1F. The predicted octanol–water partition coefficient (Wildman–Crippen LogP) is 5.18. The van der Waals surface area contributed by atoms with Crippen molar-refractivity contribution >= 4 is 0 Å². The summed E-state index contributed by atoms with van der Waals surface area (Å²) in [4.78, 5) is 0. The van der Waals surface area contributed by atoms with Crippen LogP contribution in [0.5, 0.6) is 0 Å². The van der Waals surface area contributed by atoms with Gasteiger partial charge in [0.15, 0.2) is 11.6 Å². The molecule has 0 atom stereocenters. The summed E-state index contributed by atoms with van der Waals surface area (Å²) in [5.41, 5.74) is 2.27. The minimum atomic E-state index is -0.952. The molecule has 0 aromatic heterocycles. The van der Waals surface area contributed by atoms with Crippen LogP contribution in [0.15, 0.2) is 30.9 Å². The average molecular weight is 274 g/mol. The number of allylic oxidation sites excluding steroid dienone is 1. The highest BCUT2D eigenvalue weighted by Crippen LogP contribution is 2.51. The van der Waals surface area contributed by atoms with E-state index in [0.717, 1.165) is 0 Å². The minimum Gasteiger partial charge on any atom is -0.206 e. The van der Waals surface area contributed by atoms with Crippen molar-refractivity contribution in [2.75, 3.05) is 0 Å². The van der Waals surface area contributed by atoms with Crippen LogP contribution < -0.4 is 0 Å². The standard InChI is InChI=1S/C17H13F3/c1-3-4-5-10-6-7-11-12-8-9(2)15(18)17(20)14(12)13(11)16(10)19/h3,6-8H,1,4-5H2,2H3. The molecule has 0 saturated carbocycles. The zero-order chi connectivity index (χ0) is 14.4. The zero-order valence-electron chi connectivity index (χ0n) is 11.1. The Hall–Kier alpha value is -2.03. The van der Waals surface area contributed by atoms with Crippen LogP contribution in [0, 0.1) is 24.4 Å². The van der Waals surface area contributed by atoms with Crippen LogP contribution in [0.4, 0.5) is 13.2 Å². The summed E-state index contributed by atoms with van der Waals surface area (Å²) in [5.74, 6) is -2.29. The van der Waals surface area contributed by atoms with E-state index in [2.05, 4.69) is 6.58 Å². The van der Waals surface area contributed by atoms with Crippen LogP contribution in [0.3, 0.4) is 0 Å². The molecular weight excluding hydrogens is 261 g/mol. The van der Waals surface area contributed by atoms with Crippen LogP contribution in [0.25, 0.3) is 22.3 Å². The molecule has 20 heavy (non-hydrogen) atoms. The Morgan fingerprint density at radius 1 is 1.00 bits per heavy atom. The van der Waals surface area contributed by atoms with Gasteiger partial charge in [-0.1, -0.05) is 18.2 Å². The molecule has 0 aliphatic heterocycles. The van der Waals surface area contributed by atoms with Crippen molar-refractivity contribution in [2.24, 2.45) is 0 Å². The Kier molecular flexibility index (Phi) is 2.93. The highest BCUT2D eigenvalue weighted by molar-refractivity contribution is 6.03. The Labute approximate surface area is 115 Å². The van der Waals surface area contributed by atoms with Crippen molar-refractivity contribution < 1.29 is 13.2 Å². The average Bonchev–Trinajstić information content (AvgIpc) is 2.42. The summed E-state index contributed by atoms with van der Waals surface area (Å²) >= 11 is 0. The first kappa shape index (κ1) is 13.0. The number of benzene rings is 2. The van der Waals surface area contributed by atoms with Crippen molar-refractivity contribution in [3.63, 3.8) is 0 Å². The van der Waals surface area contributed by atoms with Gasteiger partial charge in [-0.2, -0.15) is 0 Å². The molecule has 0 unspecified atom stereocenters. The topological polar surface area (TPSA) is 0 Å². The Balaban J connectivity index is 2.16. The molecule has 0 saturated heterocycles. The summed E-state index contributed by atoms with van der Waals surface area (Å²) in [6.07, 6.45) is 2.86. The summed E-state index contributed by atoms with van der Waals surface area (Å²) in [6, 6.07) is 5.05. The minimum absolute atomic E-state index is 0.0704. The van der Waals surface area contributed by atoms with Crippen LogP contribution in [0.2, 0.25) is 0 Å². The molecule has 1 aliphatic rings. The van der Waals surface area contributed by atoms with E-state index in [0.29, 0.717) is 29.5 Å². The van der Waals surface area contributed by atoms with Gasteiger partial charge in [0.2, 0.25) is 0 Å². The van der Waals surface area contributed by atoms with E-state index < -0.39 is 17.5 Å². The van der Waals surface area contributed by atoms with E-state index in [1.807, 2.05) is 0 Å². The lowest BCUT2D eigenvalue weighted by Gasteiger charge is -2.27. The van der Waals surface area contributed by atoms with Gasteiger partial charge in [-0.3, -0.25) is 0 Å². The third-order valence-corrected chi connectivity index (χ3v) is 3.77. The van der Waals surface area contributed by atoms with Crippen molar-refractivity contribution in [1.82, 2.24) is 0 Å². The fraction of sp³-hybridized carbons (Fsp3) is 0.176. The molecule has 0 radical (unpaired) electrons. The van der Waals surface area contributed by atoms with Gasteiger partial charge in [0.05, 0.1) is 0 Å². The Morgan fingerprint density at radius 3 is 2.40 bits per heavy atom. The lowest BCUT2D eigenvalue weighted by atomic mass is 9.77. The predicted molar refractivity (Wildman–Crippen MR) is 74.0 cm³/mol. The molecule has 1 aliphatic carbocycles. The largest absolute Gasteiger partial charge is 0.206 e. The molecule has 0 heterocycles. The highest BCUT2D eigenvalue weighted by Gasteiger charge is 2.32. The molecule has 0 N–H and O–H groups in total. The van der Waals surface area contributed by atoms with Crippen molar-refractivity contribution in [3.05, 3.63) is 59.4 Å². The lowest BCUT2D eigenvalue weighted by molar-refractivity contribution is 0.504. The highest BCUT2D eigenvalue weighted by atomic mass is 19.2. The van der Waals surface area contributed by atoms with Gasteiger partial charge in [0, 0.05) is 11.1 Å². The normalized spacial score (nSPS) is 11.6. The number of fused-ring (bicyclic) bond motifs is 4. The molecular formula is C17H13F3. The molecule has 2 aromatic carbocycles. The molecule has 102 valence electrons. The third-order valence-electron chi connectivity index (χ3n) is 3.77. The maximum absolute atomic E-state index is 14.4. The smallest absolute Gasteiger partial charge is 0.167 e. The Morgan fingerprint density at radius 2 is 1.70 bits per heavy atom. The number of aryl methyl sites for hydroxylation is 2. The first-order valence-electron chi connectivity index (χ1n) is 6.48. The van der Waals surface area contributed by atoms with E-state index in [1.54, 1.807) is 24.3 Å². The first-order chi connectivity index (χ1) is 9.56. The second-order valence-electron chi connectivity index (χ2n) is 5.03. The van der Waals surface area contributed by atoms with Crippen LogP contribution in [0.1, 0.15) is 17.5 Å². The summed E-state index contributed by atoms with van der Waals surface area (Å²) in [5, 5.41) is 0. The van der Waals surface area contributed by atoms with Gasteiger partial charge in [-0.15, -0.1) is 6.58 Å². The maximum atomic E-state index is 14.4. The monoisotopic (exact) mass is 274 g/mol. The fourth-order valence-electron chi connectivity index (χ4n) is 2.69. The molecule has 3 heteroatoms. The summed E-state index contributed by atoms with van der Waals surface area (Å²) in [6.45, 7) is 5.10. The van der Waals surface area contributed by atoms with Crippen molar-refractivity contribution in [3.8, 4) is 22.3 Å². The first-order valence-corrected chi connectivity index (χ1v) is 6.48. The van der Waals surface area contributed by atoms with Gasteiger partial charge >= 0.3 is 0 Å². The zero-order valence-corrected chi connectivity index (χ0v) is 11.1. The molecule has 0 amide bonds. The van der Waals surface area contributed by atoms with E-state index in [4.69, 9.17) is 0 Å². The van der Waals surface area contributed by atoms with Crippen LogP contribution in [-0.2, 0) is 6.42 Å². The van der Waals surface area contributed by atoms with E-state index in [1.165, 1.54) is 6.92 Å². The van der Waals surface area contributed by atoms with E-state index >= 15 is 0 Å². The summed E-state index contributed by atoms with van der Waals surface area (Å²) < 4.78 is 42.0. The number of hydrogen-bond acceptors (Lipinski definition) is 0. The molecule has 0 fully saturated rings. The Bertz CT molecular complexity index is 730. The number of hydrogen-bond donors (Lipinski definition) is 0. The number of rotatable bonds is 3. The number of halogens is 3. The molecule has 2 aromatic rings. The second kappa shape index (κ2) is 4.51. The van der Waals surface area contributed by atoms with Gasteiger partial charge in [-0.25, -0.2) is 13.2 Å². The van der Waals surface area contributed by atoms with Gasteiger partial charge in [-0.05, 0) is 48.1 Å². The van der Waals surface area contributed by atoms with E-state index in [9.17, 15) is 13.2 Å².